The van der Waals surface area contributed by atoms with Crippen LogP contribution in [0.4, 0.5) is 4.39 Å². The minimum atomic E-state index is -1.53. The topological polar surface area (TPSA) is 92.8 Å². The molecule has 0 bridgehead atoms. The number of aromatic nitrogens is 5. The molecule has 5 aromatic rings. The molecule has 0 fully saturated rings. The fraction of sp³-hybridized carbons (Fsp3) is 0.136. The SMILES string of the molecule is Cn1cc(-c2cnc3[nH]cc(-c4cc(C(C)(O)c5cccc(F)c5)on4)c3c2)cn1. The maximum absolute atomic E-state index is 13.6. The molecule has 2 N–H and O–H groups in total. The molecule has 5 rings (SSSR count). The second kappa shape index (κ2) is 6.64. The molecule has 4 heterocycles. The molecule has 30 heavy (non-hydrogen) atoms. The number of rotatable bonds is 4. The van der Waals surface area contributed by atoms with Gasteiger partial charge in [0.1, 0.15) is 22.8 Å². The molecular formula is C22H18FN5O2. The van der Waals surface area contributed by atoms with Crippen LogP contribution in [0.1, 0.15) is 18.2 Å². The number of aryl methyl sites for hydroxylation is 1. The van der Waals surface area contributed by atoms with E-state index in [1.54, 1.807) is 48.4 Å². The zero-order valence-corrected chi connectivity index (χ0v) is 16.3. The van der Waals surface area contributed by atoms with Crippen LogP contribution in [0.2, 0.25) is 0 Å². The Morgan fingerprint density at radius 2 is 2.03 bits per heavy atom. The van der Waals surface area contributed by atoms with Gasteiger partial charge in [-0.15, -0.1) is 0 Å². The molecule has 0 aliphatic carbocycles. The van der Waals surface area contributed by atoms with Crippen LogP contribution in [0.5, 0.6) is 0 Å². The van der Waals surface area contributed by atoms with Crippen molar-refractivity contribution in [1.29, 1.82) is 0 Å². The lowest BCUT2D eigenvalue weighted by atomic mass is 9.93. The van der Waals surface area contributed by atoms with Crippen molar-refractivity contribution in [2.45, 2.75) is 12.5 Å². The van der Waals surface area contributed by atoms with Crippen molar-refractivity contribution in [1.82, 2.24) is 24.9 Å². The summed E-state index contributed by atoms with van der Waals surface area (Å²) in [4.78, 5) is 7.62. The van der Waals surface area contributed by atoms with Gasteiger partial charge in [-0.05, 0) is 30.7 Å². The monoisotopic (exact) mass is 403 g/mol. The van der Waals surface area contributed by atoms with E-state index in [1.165, 1.54) is 12.1 Å². The summed E-state index contributed by atoms with van der Waals surface area (Å²) in [7, 11) is 1.86. The first kappa shape index (κ1) is 18.3. The highest BCUT2D eigenvalue weighted by atomic mass is 19.1. The maximum Gasteiger partial charge on any atom is 0.173 e. The Hall–Kier alpha value is -3.78. The van der Waals surface area contributed by atoms with Crippen molar-refractivity contribution in [2.24, 2.45) is 7.05 Å². The summed E-state index contributed by atoms with van der Waals surface area (Å²) in [6.45, 7) is 1.54. The van der Waals surface area contributed by atoms with Crippen LogP contribution < -0.4 is 0 Å². The Morgan fingerprint density at radius 3 is 2.80 bits per heavy atom. The molecule has 4 aromatic heterocycles. The van der Waals surface area contributed by atoms with Crippen molar-refractivity contribution in [3.05, 3.63) is 78.3 Å². The first-order valence-corrected chi connectivity index (χ1v) is 9.34. The fourth-order valence-corrected chi connectivity index (χ4v) is 3.51. The number of halogens is 1. The number of aromatic amines is 1. The number of pyridine rings is 1. The van der Waals surface area contributed by atoms with Crippen molar-refractivity contribution in [3.8, 4) is 22.4 Å². The van der Waals surface area contributed by atoms with E-state index >= 15 is 0 Å². The van der Waals surface area contributed by atoms with Gasteiger partial charge in [0.25, 0.3) is 0 Å². The highest BCUT2D eigenvalue weighted by molar-refractivity contribution is 5.94. The summed E-state index contributed by atoms with van der Waals surface area (Å²) in [5.41, 5.74) is 2.76. The zero-order chi connectivity index (χ0) is 20.9. The number of H-pyrrole nitrogens is 1. The van der Waals surface area contributed by atoms with Gasteiger partial charge in [-0.25, -0.2) is 9.37 Å². The molecule has 0 spiro atoms. The van der Waals surface area contributed by atoms with E-state index < -0.39 is 11.4 Å². The Bertz CT molecular complexity index is 1360. The van der Waals surface area contributed by atoms with Gasteiger partial charge in [-0.1, -0.05) is 17.3 Å². The van der Waals surface area contributed by atoms with Crippen molar-refractivity contribution in [3.63, 3.8) is 0 Å². The number of hydrogen-bond donors (Lipinski definition) is 2. The smallest absolute Gasteiger partial charge is 0.173 e. The molecule has 0 radical (unpaired) electrons. The minimum Gasteiger partial charge on any atom is -0.377 e. The average molecular weight is 403 g/mol. The predicted molar refractivity (Wildman–Crippen MR) is 109 cm³/mol. The van der Waals surface area contributed by atoms with Gasteiger partial charge in [0.15, 0.2) is 5.76 Å². The van der Waals surface area contributed by atoms with Gasteiger partial charge >= 0.3 is 0 Å². The Kier molecular flexibility index (Phi) is 4.04. The van der Waals surface area contributed by atoms with Crippen LogP contribution in [0.25, 0.3) is 33.4 Å². The first-order valence-electron chi connectivity index (χ1n) is 9.34. The predicted octanol–water partition coefficient (Wildman–Crippen LogP) is 4.01. The van der Waals surface area contributed by atoms with Gasteiger partial charge in [-0.2, -0.15) is 5.10 Å². The van der Waals surface area contributed by atoms with E-state index in [1.807, 2.05) is 19.3 Å². The lowest BCUT2D eigenvalue weighted by Gasteiger charge is -2.20. The Balaban J connectivity index is 1.56. The number of hydrogen-bond acceptors (Lipinski definition) is 5. The molecule has 0 saturated heterocycles. The van der Waals surface area contributed by atoms with Crippen LogP contribution in [-0.4, -0.2) is 30.0 Å². The third-order valence-electron chi connectivity index (χ3n) is 5.22. The van der Waals surface area contributed by atoms with E-state index in [-0.39, 0.29) is 5.76 Å². The average Bonchev–Trinajstić information content (AvgIpc) is 3.46. The maximum atomic E-state index is 13.6. The third kappa shape index (κ3) is 2.98. The summed E-state index contributed by atoms with van der Waals surface area (Å²) < 4.78 is 20.8. The number of nitrogens with zero attached hydrogens (tertiary/aromatic N) is 4. The van der Waals surface area contributed by atoms with Gasteiger partial charge < -0.3 is 14.6 Å². The minimum absolute atomic E-state index is 0.217. The number of fused-ring (bicyclic) bond motifs is 1. The highest BCUT2D eigenvalue weighted by Gasteiger charge is 2.31. The van der Waals surface area contributed by atoms with Gasteiger partial charge in [0.2, 0.25) is 0 Å². The van der Waals surface area contributed by atoms with Crippen LogP contribution in [-0.2, 0) is 12.6 Å². The van der Waals surface area contributed by atoms with E-state index in [9.17, 15) is 9.50 Å². The van der Waals surface area contributed by atoms with Crippen molar-refractivity contribution in [2.75, 3.05) is 0 Å². The second-order valence-corrected chi connectivity index (χ2v) is 7.38. The third-order valence-corrected chi connectivity index (χ3v) is 5.22. The normalized spacial score (nSPS) is 13.6. The summed E-state index contributed by atoms with van der Waals surface area (Å²) in [5.74, 6) is -0.216. The quantitative estimate of drug-likeness (QED) is 0.473. The summed E-state index contributed by atoms with van der Waals surface area (Å²) in [6, 6.07) is 9.44. The Labute approximate surface area is 170 Å². The van der Waals surface area contributed by atoms with Crippen molar-refractivity contribution >= 4 is 11.0 Å². The molecular weight excluding hydrogens is 385 g/mol. The molecule has 1 aromatic carbocycles. The van der Waals surface area contributed by atoms with Gasteiger partial charge in [0, 0.05) is 53.8 Å². The van der Waals surface area contributed by atoms with Gasteiger partial charge in [-0.3, -0.25) is 4.68 Å². The van der Waals surface area contributed by atoms with E-state index in [0.717, 1.165) is 22.1 Å². The van der Waals surface area contributed by atoms with Crippen LogP contribution in [0.15, 0.2) is 65.7 Å². The lowest BCUT2D eigenvalue weighted by Crippen LogP contribution is -2.22. The summed E-state index contributed by atoms with van der Waals surface area (Å²) in [5, 5.41) is 20.2. The second-order valence-electron chi connectivity index (χ2n) is 7.38. The van der Waals surface area contributed by atoms with Crippen LogP contribution >= 0.6 is 0 Å². The Morgan fingerprint density at radius 1 is 1.17 bits per heavy atom. The standard InChI is InChI=1S/C22H18FN5O2/c1-22(29,15-4-3-5-16(23)7-15)20-8-19(27-30-20)18-11-25-21-17(18)6-13(9-24-21)14-10-26-28(2)12-14/h3-12,29H,1-2H3,(H,24,25). The number of nitrogens with one attached hydrogen (secondary N) is 1. The summed E-state index contributed by atoms with van der Waals surface area (Å²) >= 11 is 0. The van der Waals surface area contributed by atoms with E-state index in [4.69, 9.17) is 4.52 Å². The number of aliphatic hydroxyl groups is 1. The molecule has 0 amide bonds. The number of benzene rings is 1. The zero-order valence-electron chi connectivity index (χ0n) is 16.3. The van der Waals surface area contributed by atoms with Crippen LogP contribution in [0, 0.1) is 5.82 Å². The molecule has 0 saturated carbocycles. The molecule has 1 atom stereocenters. The first-order chi connectivity index (χ1) is 14.4. The molecule has 1 unspecified atom stereocenters. The molecule has 7 nitrogen and oxygen atoms in total. The summed E-state index contributed by atoms with van der Waals surface area (Å²) in [6.07, 6.45) is 7.27. The molecule has 8 heteroatoms. The largest absolute Gasteiger partial charge is 0.377 e. The fourth-order valence-electron chi connectivity index (χ4n) is 3.51. The van der Waals surface area contributed by atoms with Gasteiger partial charge in [0.05, 0.1) is 6.20 Å². The molecule has 0 aliphatic heterocycles. The lowest BCUT2D eigenvalue weighted by molar-refractivity contribution is 0.0691. The molecule has 0 aliphatic rings. The van der Waals surface area contributed by atoms with Crippen LogP contribution in [0.3, 0.4) is 0 Å². The molecule has 150 valence electrons. The van der Waals surface area contributed by atoms with E-state index in [0.29, 0.717) is 16.9 Å². The highest BCUT2D eigenvalue weighted by Crippen LogP contribution is 2.35. The van der Waals surface area contributed by atoms with E-state index in [2.05, 4.69) is 20.2 Å². The van der Waals surface area contributed by atoms with Crippen molar-refractivity contribution < 1.29 is 14.0 Å².